The summed E-state index contributed by atoms with van der Waals surface area (Å²) < 4.78 is 31.7. The molecule has 0 spiro atoms. The fraction of sp³-hybridized carbons (Fsp3) is 0.462. The van der Waals surface area contributed by atoms with Crippen LogP contribution in [0.15, 0.2) is 36.4 Å². The zero-order valence-electron chi connectivity index (χ0n) is 21.9. The molecule has 0 amide bonds. The number of phenolic OH excluding ortho intramolecular Hbond substituents is 3. The Kier molecular flexibility index (Phi) is 9.70. The fourth-order valence-corrected chi connectivity index (χ4v) is 4.26. The van der Waals surface area contributed by atoms with E-state index >= 15 is 0 Å². The Morgan fingerprint density at radius 2 is 1.50 bits per heavy atom. The van der Waals surface area contributed by atoms with E-state index in [9.17, 15) is 50.4 Å². The summed E-state index contributed by atoms with van der Waals surface area (Å²) in [6, 6.07) is 7.53. The monoisotopic (exact) mass is 598 g/mol. The van der Waals surface area contributed by atoms with Crippen molar-refractivity contribution in [3.8, 4) is 23.0 Å². The van der Waals surface area contributed by atoms with Crippen LogP contribution >= 0.6 is 0 Å². The minimum absolute atomic E-state index is 0.00574. The first-order valence-electron chi connectivity index (χ1n) is 12.5. The summed E-state index contributed by atoms with van der Waals surface area (Å²) in [5.41, 5.74) is -0.357. The molecular weight excluding hydrogens is 568 g/mol. The van der Waals surface area contributed by atoms with Gasteiger partial charge in [-0.3, -0.25) is 0 Å². The van der Waals surface area contributed by atoms with Gasteiger partial charge in [0.05, 0.1) is 25.9 Å². The van der Waals surface area contributed by atoms with Crippen molar-refractivity contribution < 1.29 is 78.9 Å². The number of carbonyl (C=O) groups excluding carboxylic acids is 2. The number of carbonyl (C=O) groups is 2. The van der Waals surface area contributed by atoms with E-state index < -0.39 is 97.7 Å². The quantitative estimate of drug-likeness (QED) is 0.122. The Morgan fingerprint density at radius 1 is 0.857 bits per heavy atom. The first kappa shape index (κ1) is 31.2. The third-order valence-electron chi connectivity index (χ3n) is 6.63. The molecule has 2 aliphatic heterocycles. The average Bonchev–Trinajstić information content (AvgIpc) is 2.98. The van der Waals surface area contributed by atoms with Gasteiger partial charge in [0, 0.05) is 0 Å². The Bertz CT molecular complexity index is 1250. The number of phenols is 3. The standard InChI is InChI=1S/C26H30O16/c1-37-24(36)11-4-2-3-5-14(11)41-26-22(34)20(32)18(30)16(42-26)9-39-25-21(33)19(31)15(8-38-25)40-23(35)10-6-12(27)17(29)13(28)7-10/h2-7,15-16,18-22,25-34H,8-9H2,1H3/t15-,16+,18+,19-,20-,21+,22+,25-,26+/m0/s1. The molecule has 16 nitrogen and oxygen atoms in total. The van der Waals surface area contributed by atoms with Crippen LogP contribution in [0.4, 0.5) is 0 Å². The second-order valence-corrected chi connectivity index (χ2v) is 9.44. The number of hydrogen-bond acceptors (Lipinski definition) is 16. The molecule has 16 heteroatoms. The van der Waals surface area contributed by atoms with Gasteiger partial charge in [-0.1, -0.05) is 12.1 Å². The highest BCUT2D eigenvalue weighted by atomic mass is 16.7. The average molecular weight is 599 g/mol. The third-order valence-corrected chi connectivity index (χ3v) is 6.63. The number of esters is 2. The summed E-state index contributed by atoms with van der Waals surface area (Å²) in [5, 5.41) is 80.7. The molecule has 2 aromatic carbocycles. The van der Waals surface area contributed by atoms with Gasteiger partial charge in [-0.2, -0.15) is 0 Å². The Morgan fingerprint density at radius 3 is 2.17 bits per heavy atom. The first-order chi connectivity index (χ1) is 19.9. The van der Waals surface area contributed by atoms with Crippen LogP contribution in [-0.4, -0.2) is 128 Å². The summed E-state index contributed by atoms with van der Waals surface area (Å²) in [6.07, 6.45) is -14.6. The number of aliphatic hydroxyl groups excluding tert-OH is 5. The summed E-state index contributed by atoms with van der Waals surface area (Å²) in [7, 11) is 1.16. The van der Waals surface area contributed by atoms with Gasteiger partial charge in [0.1, 0.15) is 47.9 Å². The predicted octanol–water partition coefficient (Wildman–Crippen LogP) is -1.90. The Balaban J connectivity index is 1.36. The van der Waals surface area contributed by atoms with E-state index in [-0.39, 0.29) is 16.9 Å². The molecule has 0 saturated carbocycles. The van der Waals surface area contributed by atoms with Gasteiger partial charge in [-0.05, 0) is 24.3 Å². The van der Waals surface area contributed by atoms with Crippen LogP contribution in [0.25, 0.3) is 0 Å². The number of aliphatic hydroxyl groups is 5. The largest absolute Gasteiger partial charge is 0.504 e. The zero-order valence-corrected chi connectivity index (χ0v) is 21.9. The van der Waals surface area contributed by atoms with Gasteiger partial charge in [0.15, 0.2) is 29.6 Å². The molecule has 2 aromatic rings. The van der Waals surface area contributed by atoms with Crippen LogP contribution in [0, 0.1) is 0 Å². The van der Waals surface area contributed by atoms with Crippen molar-refractivity contribution in [1.82, 2.24) is 0 Å². The molecule has 0 aliphatic carbocycles. The lowest BCUT2D eigenvalue weighted by atomic mass is 9.99. The molecule has 2 aliphatic rings. The molecule has 2 heterocycles. The molecule has 9 atom stereocenters. The molecule has 2 saturated heterocycles. The molecule has 2 fully saturated rings. The van der Waals surface area contributed by atoms with Crippen molar-refractivity contribution >= 4 is 11.9 Å². The van der Waals surface area contributed by atoms with Crippen LogP contribution in [0.3, 0.4) is 0 Å². The van der Waals surface area contributed by atoms with Crippen molar-refractivity contribution in [3.05, 3.63) is 47.5 Å². The number of aromatic hydroxyl groups is 3. The number of hydrogen-bond donors (Lipinski definition) is 8. The number of ether oxygens (including phenoxy) is 6. The summed E-state index contributed by atoms with van der Waals surface area (Å²) in [6.45, 7) is -1.02. The molecular formula is C26H30O16. The number of benzene rings is 2. The smallest absolute Gasteiger partial charge is 0.341 e. The lowest BCUT2D eigenvalue weighted by Crippen LogP contribution is -2.61. The summed E-state index contributed by atoms with van der Waals surface area (Å²) in [4.78, 5) is 24.4. The molecule has 42 heavy (non-hydrogen) atoms. The van der Waals surface area contributed by atoms with E-state index in [0.717, 1.165) is 19.2 Å². The predicted molar refractivity (Wildman–Crippen MR) is 133 cm³/mol. The van der Waals surface area contributed by atoms with E-state index in [1.165, 1.54) is 12.1 Å². The maximum Gasteiger partial charge on any atom is 0.341 e. The van der Waals surface area contributed by atoms with Gasteiger partial charge in [-0.25, -0.2) is 9.59 Å². The lowest BCUT2D eigenvalue weighted by molar-refractivity contribution is -0.307. The maximum atomic E-state index is 12.4. The van der Waals surface area contributed by atoms with Crippen molar-refractivity contribution in [1.29, 1.82) is 0 Å². The van der Waals surface area contributed by atoms with Crippen molar-refractivity contribution in [2.75, 3.05) is 20.3 Å². The van der Waals surface area contributed by atoms with E-state index in [1.54, 1.807) is 12.1 Å². The number of para-hydroxylation sites is 1. The van der Waals surface area contributed by atoms with E-state index in [0.29, 0.717) is 0 Å². The highest BCUT2D eigenvalue weighted by Gasteiger charge is 2.47. The Labute approximate surface area is 237 Å². The molecule has 0 unspecified atom stereocenters. The van der Waals surface area contributed by atoms with Crippen molar-refractivity contribution in [2.24, 2.45) is 0 Å². The van der Waals surface area contributed by atoms with E-state index in [2.05, 4.69) is 0 Å². The second kappa shape index (κ2) is 13.1. The highest BCUT2D eigenvalue weighted by Crippen LogP contribution is 2.36. The zero-order chi connectivity index (χ0) is 30.7. The molecule has 0 bridgehead atoms. The van der Waals surface area contributed by atoms with Crippen molar-refractivity contribution in [2.45, 2.75) is 55.3 Å². The lowest BCUT2D eigenvalue weighted by Gasteiger charge is -2.41. The minimum Gasteiger partial charge on any atom is -0.504 e. The molecule has 230 valence electrons. The second-order valence-electron chi connectivity index (χ2n) is 9.44. The van der Waals surface area contributed by atoms with Crippen LogP contribution in [0.1, 0.15) is 20.7 Å². The Hall–Kier alpha value is -3.74. The van der Waals surface area contributed by atoms with Gasteiger partial charge in [0.2, 0.25) is 6.29 Å². The normalized spacial score (nSPS) is 31.2. The minimum atomic E-state index is -1.78. The maximum absolute atomic E-state index is 12.4. The van der Waals surface area contributed by atoms with Crippen LogP contribution in [-0.2, 0) is 23.7 Å². The molecule has 0 aromatic heterocycles. The SMILES string of the molecule is COC(=O)c1ccccc1O[C@@H]1O[C@H](CO[C@@H]2OC[C@H](OC(=O)c3cc(O)c(O)c(O)c3)[C@H](O)[C@H]2O)[C@@H](O)[C@H](O)[C@H]1O. The third kappa shape index (κ3) is 6.50. The van der Waals surface area contributed by atoms with E-state index in [1.807, 2.05) is 0 Å². The highest BCUT2D eigenvalue weighted by molar-refractivity contribution is 5.92. The van der Waals surface area contributed by atoms with E-state index in [4.69, 9.17) is 28.4 Å². The first-order valence-corrected chi connectivity index (χ1v) is 12.5. The van der Waals surface area contributed by atoms with Crippen LogP contribution in [0.5, 0.6) is 23.0 Å². The summed E-state index contributed by atoms with van der Waals surface area (Å²) in [5.74, 6) is -4.32. The molecule has 0 radical (unpaired) electrons. The van der Waals surface area contributed by atoms with Gasteiger partial charge < -0.3 is 69.3 Å². The van der Waals surface area contributed by atoms with Crippen molar-refractivity contribution in [3.63, 3.8) is 0 Å². The van der Waals surface area contributed by atoms with Gasteiger partial charge in [0.25, 0.3) is 0 Å². The van der Waals surface area contributed by atoms with Crippen LogP contribution < -0.4 is 4.74 Å². The fourth-order valence-electron chi connectivity index (χ4n) is 4.26. The summed E-state index contributed by atoms with van der Waals surface area (Å²) >= 11 is 0. The topological polar surface area (TPSA) is 251 Å². The molecule has 4 rings (SSSR count). The molecule has 8 N–H and O–H groups in total. The van der Waals surface area contributed by atoms with Crippen LogP contribution in [0.2, 0.25) is 0 Å². The van der Waals surface area contributed by atoms with Gasteiger partial charge >= 0.3 is 11.9 Å². The van der Waals surface area contributed by atoms with Gasteiger partial charge in [-0.15, -0.1) is 0 Å². The number of methoxy groups -OCH3 is 1. The number of rotatable bonds is 8.